The smallest absolute Gasteiger partial charge is 0.304 e. The van der Waals surface area contributed by atoms with Crippen molar-refractivity contribution in [2.75, 3.05) is 6.61 Å². The third kappa shape index (κ3) is 2.77. The summed E-state index contributed by atoms with van der Waals surface area (Å²) in [5, 5.41) is 8.93. The Labute approximate surface area is 124 Å². The maximum absolute atomic E-state index is 10.9. The summed E-state index contributed by atoms with van der Waals surface area (Å²) >= 11 is 0. The van der Waals surface area contributed by atoms with Crippen LogP contribution in [0, 0.1) is 0 Å². The zero-order chi connectivity index (χ0) is 14.8. The van der Waals surface area contributed by atoms with Crippen molar-refractivity contribution in [3.05, 3.63) is 53.6 Å². The molecule has 3 heteroatoms. The Kier molecular flexibility index (Phi) is 3.65. The first kappa shape index (κ1) is 13.7. The van der Waals surface area contributed by atoms with Crippen LogP contribution in [-0.4, -0.2) is 17.7 Å². The van der Waals surface area contributed by atoms with E-state index in [0.29, 0.717) is 6.61 Å². The van der Waals surface area contributed by atoms with Crippen LogP contribution in [0.1, 0.15) is 30.4 Å². The van der Waals surface area contributed by atoms with E-state index in [1.54, 1.807) is 0 Å². The molecule has 1 N–H and O–H groups in total. The van der Waals surface area contributed by atoms with Gasteiger partial charge < -0.3 is 9.84 Å². The zero-order valence-electron chi connectivity index (χ0n) is 12.0. The number of rotatable bonds is 4. The molecule has 0 unspecified atom stereocenters. The van der Waals surface area contributed by atoms with E-state index in [9.17, 15) is 4.79 Å². The first-order valence-corrected chi connectivity index (χ1v) is 7.25. The Morgan fingerprint density at radius 3 is 2.57 bits per heavy atom. The van der Waals surface area contributed by atoms with E-state index in [1.807, 2.05) is 18.2 Å². The highest BCUT2D eigenvalue weighted by Gasteiger charge is 2.26. The molecule has 0 saturated carbocycles. The minimum Gasteiger partial charge on any atom is -0.493 e. The fraction of sp³-hybridized carbons (Fsp3) is 0.278. The van der Waals surface area contributed by atoms with Crippen molar-refractivity contribution < 1.29 is 14.6 Å². The van der Waals surface area contributed by atoms with Crippen molar-refractivity contribution in [1.29, 1.82) is 0 Å². The SMILES string of the molecule is CCc1ccc(-c2ccc3c(c2)OC[C@H]3CC(=O)O)cc1. The third-order valence-corrected chi connectivity index (χ3v) is 4.01. The molecule has 108 valence electrons. The summed E-state index contributed by atoms with van der Waals surface area (Å²) in [6.45, 7) is 2.60. The molecule has 1 heterocycles. The maximum Gasteiger partial charge on any atom is 0.304 e. The zero-order valence-corrected chi connectivity index (χ0v) is 12.0. The summed E-state index contributed by atoms with van der Waals surface area (Å²) in [6, 6.07) is 14.6. The molecule has 0 fully saturated rings. The molecule has 1 aliphatic rings. The molecule has 2 aromatic rings. The molecule has 0 aliphatic carbocycles. The molecule has 0 radical (unpaired) electrons. The van der Waals surface area contributed by atoms with Crippen molar-refractivity contribution in [3.8, 4) is 16.9 Å². The van der Waals surface area contributed by atoms with Crippen LogP contribution in [0.15, 0.2) is 42.5 Å². The highest BCUT2D eigenvalue weighted by atomic mass is 16.5. The molecule has 0 saturated heterocycles. The summed E-state index contributed by atoms with van der Waals surface area (Å²) < 4.78 is 5.66. The number of benzene rings is 2. The van der Waals surface area contributed by atoms with Gasteiger partial charge in [0.25, 0.3) is 0 Å². The summed E-state index contributed by atoms with van der Waals surface area (Å²) in [5.74, 6) is 0.00279. The average molecular weight is 282 g/mol. The van der Waals surface area contributed by atoms with Crippen LogP contribution >= 0.6 is 0 Å². The summed E-state index contributed by atoms with van der Waals surface area (Å²) in [4.78, 5) is 10.9. The lowest BCUT2D eigenvalue weighted by Crippen LogP contribution is -2.07. The van der Waals surface area contributed by atoms with Crippen molar-refractivity contribution in [2.24, 2.45) is 0 Å². The molecule has 21 heavy (non-hydrogen) atoms. The highest BCUT2D eigenvalue weighted by Crippen LogP contribution is 2.38. The summed E-state index contributed by atoms with van der Waals surface area (Å²) in [6.07, 6.45) is 1.15. The number of carboxylic acid groups (broad SMARTS) is 1. The van der Waals surface area contributed by atoms with Crippen LogP contribution < -0.4 is 4.74 Å². The van der Waals surface area contributed by atoms with Crippen LogP contribution in [-0.2, 0) is 11.2 Å². The van der Waals surface area contributed by atoms with Crippen LogP contribution in [0.5, 0.6) is 5.75 Å². The lowest BCUT2D eigenvalue weighted by molar-refractivity contribution is -0.137. The van der Waals surface area contributed by atoms with Crippen LogP contribution in [0.2, 0.25) is 0 Å². The Morgan fingerprint density at radius 2 is 1.90 bits per heavy atom. The van der Waals surface area contributed by atoms with Gasteiger partial charge in [0.15, 0.2) is 0 Å². The van der Waals surface area contributed by atoms with Crippen molar-refractivity contribution >= 4 is 5.97 Å². The van der Waals surface area contributed by atoms with E-state index >= 15 is 0 Å². The number of carbonyl (C=O) groups is 1. The Balaban J connectivity index is 1.88. The molecule has 3 rings (SSSR count). The number of aryl methyl sites for hydroxylation is 1. The van der Waals surface area contributed by atoms with Gasteiger partial charge in [0.2, 0.25) is 0 Å². The van der Waals surface area contributed by atoms with Gasteiger partial charge in [-0.1, -0.05) is 43.3 Å². The monoisotopic (exact) mass is 282 g/mol. The predicted octanol–water partition coefficient (Wildman–Crippen LogP) is 3.87. The standard InChI is InChI=1S/C18H18O3/c1-2-12-3-5-13(6-4-12)14-7-8-16-15(10-18(19)20)11-21-17(16)9-14/h3-9,15H,2,10-11H2,1H3,(H,19,20)/t15-/m1/s1. The molecule has 0 amide bonds. The van der Waals surface area contributed by atoms with E-state index in [0.717, 1.165) is 28.9 Å². The number of hydrogen-bond acceptors (Lipinski definition) is 2. The third-order valence-electron chi connectivity index (χ3n) is 4.01. The van der Waals surface area contributed by atoms with E-state index in [2.05, 4.69) is 31.2 Å². The van der Waals surface area contributed by atoms with E-state index in [-0.39, 0.29) is 12.3 Å². The Hall–Kier alpha value is -2.29. The highest BCUT2D eigenvalue weighted by molar-refractivity contribution is 5.70. The topological polar surface area (TPSA) is 46.5 Å². The maximum atomic E-state index is 10.9. The molecule has 1 atom stereocenters. The van der Waals surface area contributed by atoms with Gasteiger partial charge in [0.05, 0.1) is 13.0 Å². The first-order valence-electron chi connectivity index (χ1n) is 7.25. The molecular weight excluding hydrogens is 264 g/mol. The minimum atomic E-state index is -0.782. The quantitative estimate of drug-likeness (QED) is 0.926. The van der Waals surface area contributed by atoms with Crippen LogP contribution in [0.3, 0.4) is 0 Å². The largest absolute Gasteiger partial charge is 0.493 e. The second-order valence-corrected chi connectivity index (χ2v) is 5.41. The normalized spacial score (nSPS) is 16.3. The van der Waals surface area contributed by atoms with Gasteiger partial charge >= 0.3 is 5.97 Å². The molecule has 1 aliphatic heterocycles. The van der Waals surface area contributed by atoms with E-state index in [4.69, 9.17) is 9.84 Å². The predicted molar refractivity (Wildman–Crippen MR) is 81.7 cm³/mol. The van der Waals surface area contributed by atoms with E-state index in [1.165, 1.54) is 5.56 Å². The Bertz CT molecular complexity index is 659. The Morgan fingerprint density at radius 1 is 1.19 bits per heavy atom. The number of aliphatic carboxylic acids is 1. The number of fused-ring (bicyclic) bond motifs is 1. The van der Waals surface area contributed by atoms with Crippen LogP contribution in [0.4, 0.5) is 0 Å². The first-order chi connectivity index (χ1) is 10.2. The second kappa shape index (κ2) is 5.60. The van der Waals surface area contributed by atoms with Crippen molar-refractivity contribution in [2.45, 2.75) is 25.7 Å². The lowest BCUT2D eigenvalue weighted by Gasteiger charge is -2.07. The number of carboxylic acids is 1. The van der Waals surface area contributed by atoms with Gasteiger partial charge in [-0.05, 0) is 29.2 Å². The fourth-order valence-electron chi connectivity index (χ4n) is 2.77. The number of ether oxygens (including phenoxy) is 1. The molecular formula is C18H18O3. The van der Waals surface area contributed by atoms with Gasteiger partial charge in [-0.2, -0.15) is 0 Å². The van der Waals surface area contributed by atoms with Crippen molar-refractivity contribution in [1.82, 2.24) is 0 Å². The van der Waals surface area contributed by atoms with Gasteiger partial charge in [0, 0.05) is 11.5 Å². The number of hydrogen-bond donors (Lipinski definition) is 1. The molecule has 0 bridgehead atoms. The summed E-state index contributed by atoms with van der Waals surface area (Å²) in [7, 11) is 0. The molecule has 2 aromatic carbocycles. The van der Waals surface area contributed by atoms with Gasteiger partial charge in [0.1, 0.15) is 5.75 Å². The van der Waals surface area contributed by atoms with Gasteiger partial charge in [-0.25, -0.2) is 0 Å². The molecule has 3 nitrogen and oxygen atoms in total. The van der Waals surface area contributed by atoms with Crippen LogP contribution in [0.25, 0.3) is 11.1 Å². The van der Waals surface area contributed by atoms with Gasteiger partial charge in [-0.3, -0.25) is 4.79 Å². The summed E-state index contributed by atoms with van der Waals surface area (Å²) in [5.41, 5.74) is 4.58. The second-order valence-electron chi connectivity index (χ2n) is 5.41. The average Bonchev–Trinajstić information content (AvgIpc) is 2.89. The molecule has 0 aromatic heterocycles. The molecule has 0 spiro atoms. The van der Waals surface area contributed by atoms with Gasteiger partial charge in [-0.15, -0.1) is 0 Å². The lowest BCUT2D eigenvalue weighted by atomic mass is 9.95. The minimum absolute atomic E-state index is 0.0333. The van der Waals surface area contributed by atoms with E-state index < -0.39 is 5.97 Å². The fourth-order valence-corrected chi connectivity index (χ4v) is 2.77. The van der Waals surface area contributed by atoms with Crippen molar-refractivity contribution in [3.63, 3.8) is 0 Å².